The summed E-state index contributed by atoms with van der Waals surface area (Å²) in [6.07, 6.45) is 6.45. The molecule has 106 valence electrons. The lowest BCUT2D eigenvalue weighted by Crippen LogP contribution is -2.48. The monoisotopic (exact) mass is 276 g/mol. The van der Waals surface area contributed by atoms with E-state index in [4.69, 9.17) is 10.5 Å². The number of carbonyl (C=O) groups is 1. The number of hydrogen-bond donors (Lipinski definition) is 1. The molecule has 2 aliphatic rings. The Hall–Kier alpha value is -0.320. The highest BCUT2D eigenvalue weighted by Gasteiger charge is 2.31. The molecular weight excluding hydrogens is 252 g/mol. The van der Waals surface area contributed by atoms with E-state index in [-0.39, 0.29) is 18.3 Å². The highest BCUT2D eigenvalue weighted by molar-refractivity contribution is 5.85. The lowest BCUT2D eigenvalue weighted by molar-refractivity contribution is -0.143. The third kappa shape index (κ3) is 3.84. The summed E-state index contributed by atoms with van der Waals surface area (Å²) < 4.78 is 5.42. The van der Waals surface area contributed by atoms with E-state index in [1.54, 1.807) is 0 Å². The molecule has 2 heterocycles. The minimum absolute atomic E-state index is 0. The zero-order valence-electron chi connectivity index (χ0n) is 11.0. The number of nitrogens with two attached hydrogens (primary N) is 1. The summed E-state index contributed by atoms with van der Waals surface area (Å²) in [5.74, 6) is 0.407. The Morgan fingerprint density at radius 3 is 2.78 bits per heavy atom. The molecule has 2 atom stereocenters. The molecule has 0 bridgehead atoms. The van der Waals surface area contributed by atoms with Crippen molar-refractivity contribution in [2.24, 2.45) is 11.7 Å². The summed E-state index contributed by atoms with van der Waals surface area (Å²) in [6, 6.07) is 0.378. The van der Waals surface area contributed by atoms with Crippen molar-refractivity contribution in [1.82, 2.24) is 4.90 Å². The molecule has 2 N–H and O–H groups in total. The molecule has 2 unspecified atom stereocenters. The van der Waals surface area contributed by atoms with E-state index >= 15 is 0 Å². The van der Waals surface area contributed by atoms with Gasteiger partial charge in [0.1, 0.15) is 0 Å². The number of piperidine rings is 1. The van der Waals surface area contributed by atoms with Gasteiger partial charge in [-0.3, -0.25) is 4.79 Å². The van der Waals surface area contributed by atoms with Crippen LogP contribution in [0.1, 0.15) is 38.5 Å². The van der Waals surface area contributed by atoms with Gasteiger partial charge < -0.3 is 15.4 Å². The number of carbonyl (C=O) groups excluding carboxylic acids is 1. The van der Waals surface area contributed by atoms with Crippen LogP contribution in [0.2, 0.25) is 0 Å². The number of hydrogen-bond acceptors (Lipinski definition) is 3. The van der Waals surface area contributed by atoms with Crippen molar-refractivity contribution < 1.29 is 9.53 Å². The summed E-state index contributed by atoms with van der Waals surface area (Å²) in [4.78, 5) is 14.5. The van der Waals surface area contributed by atoms with Gasteiger partial charge in [0.25, 0.3) is 0 Å². The van der Waals surface area contributed by atoms with Crippen LogP contribution in [-0.4, -0.2) is 43.2 Å². The second-order valence-corrected chi connectivity index (χ2v) is 5.17. The largest absolute Gasteiger partial charge is 0.381 e. The molecule has 0 aromatic carbocycles. The maximum atomic E-state index is 12.4. The van der Waals surface area contributed by atoms with E-state index in [9.17, 15) is 4.79 Å². The van der Waals surface area contributed by atoms with E-state index in [1.807, 2.05) is 0 Å². The quantitative estimate of drug-likeness (QED) is 0.851. The molecule has 2 saturated heterocycles. The molecular formula is C13H25ClN2O2. The van der Waals surface area contributed by atoms with Gasteiger partial charge >= 0.3 is 0 Å². The third-order valence-corrected chi connectivity index (χ3v) is 3.92. The summed E-state index contributed by atoms with van der Waals surface area (Å²) in [5, 5.41) is 0. The summed E-state index contributed by atoms with van der Waals surface area (Å²) >= 11 is 0. The van der Waals surface area contributed by atoms with Gasteiger partial charge in [-0.25, -0.2) is 0 Å². The molecule has 1 amide bonds. The molecule has 0 radical (unpaired) electrons. The maximum absolute atomic E-state index is 12.4. The first-order valence-corrected chi connectivity index (χ1v) is 6.91. The van der Waals surface area contributed by atoms with Crippen LogP contribution in [0.4, 0.5) is 0 Å². The fourth-order valence-electron chi connectivity index (χ4n) is 2.95. The van der Waals surface area contributed by atoms with Crippen molar-refractivity contribution in [3.8, 4) is 0 Å². The van der Waals surface area contributed by atoms with Crippen LogP contribution in [0.15, 0.2) is 0 Å². The van der Waals surface area contributed by atoms with Crippen molar-refractivity contribution in [2.75, 3.05) is 26.3 Å². The van der Waals surface area contributed by atoms with Crippen LogP contribution in [0, 0.1) is 5.92 Å². The third-order valence-electron chi connectivity index (χ3n) is 3.92. The standard InChI is InChI=1S/C13H24N2O2.ClH/c14-7-6-12-5-1-2-8-15(12)13(16)11-4-3-9-17-10-11;/h11-12H,1-10,14H2;1H. The van der Waals surface area contributed by atoms with Crippen molar-refractivity contribution in [2.45, 2.75) is 44.6 Å². The minimum Gasteiger partial charge on any atom is -0.381 e. The van der Waals surface area contributed by atoms with E-state index in [2.05, 4.69) is 4.90 Å². The Labute approximate surface area is 116 Å². The van der Waals surface area contributed by atoms with Crippen molar-refractivity contribution in [3.63, 3.8) is 0 Å². The first kappa shape index (κ1) is 15.7. The first-order chi connectivity index (χ1) is 8.33. The normalized spacial score (nSPS) is 28.6. The molecule has 0 aromatic heterocycles. The summed E-state index contributed by atoms with van der Waals surface area (Å²) in [6.45, 7) is 3.02. The molecule has 0 aliphatic carbocycles. The van der Waals surface area contributed by atoms with Gasteiger partial charge in [0.15, 0.2) is 0 Å². The number of ether oxygens (including phenoxy) is 1. The molecule has 5 heteroatoms. The van der Waals surface area contributed by atoms with Gasteiger partial charge in [0.05, 0.1) is 12.5 Å². The highest BCUT2D eigenvalue weighted by Crippen LogP contribution is 2.24. The lowest BCUT2D eigenvalue weighted by atomic mass is 9.94. The van der Waals surface area contributed by atoms with Gasteiger partial charge in [0, 0.05) is 19.2 Å². The van der Waals surface area contributed by atoms with Crippen molar-refractivity contribution >= 4 is 18.3 Å². The second kappa shape index (κ2) is 7.97. The molecule has 2 aliphatic heterocycles. The first-order valence-electron chi connectivity index (χ1n) is 6.91. The van der Waals surface area contributed by atoms with Crippen LogP contribution >= 0.6 is 12.4 Å². The average molecular weight is 277 g/mol. The Bertz CT molecular complexity index is 255. The number of likely N-dealkylation sites (tertiary alicyclic amines) is 1. The molecule has 0 saturated carbocycles. The fourth-order valence-corrected chi connectivity index (χ4v) is 2.95. The van der Waals surface area contributed by atoms with E-state index in [1.165, 1.54) is 6.42 Å². The number of rotatable bonds is 3. The van der Waals surface area contributed by atoms with Gasteiger partial charge in [-0.05, 0) is 45.1 Å². The lowest BCUT2D eigenvalue weighted by Gasteiger charge is -2.38. The molecule has 2 rings (SSSR count). The van der Waals surface area contributed by atoms with E-state index < -0.39 is 0 Å². The van der Waals surface area contributed by atoms with Crippen LogP contribution in [0.5, 0.6) is 0 Å². The highest BCUT2D eigenvalue weighted by atomic mass is 35.5. The Morgan fingerprint density at radius 1 is 1.28 bits per heavy atom. The molecule has 0 aromatic rings. The van der Waals surface area contributed by atoms with Crippen LogP contribution in [0.25, 0.3) is 0 Å². The minimum atomic E-state index is 0. The molecule has 2 fully saturated rings. The van der Waals surface area contributed by atoms with E-state index in [0.29, 0.717) is 25.1 Å². The summed E-state index contributed by atoms with van der Waals surface area (Å²) in [5.41, 5.74) is 5.64. The Balaban J connectivity index is 0.00000162. The summed E-state index contributed by atoms with van der Waals surface area (Å²) in [7, 11) is 0. The zero-order chi connectivity index (χ0) is 12.1. The number of halogens is 1. The predicted molar refractivity (Wildman–Crippen MR) is 73.8 cm³/mol. The predicted octanol–water partition coefficient (Wildman–Crippen LogP) is 1.56. The molecule has 0 spiro atoms. The Morgan fingerprint density at radius 2 is 2.11 bits per heavy atom. The van der Waals surface area contributed by atoms with Gasteiger partial charge in [-0.2, -0.15) is 0 Å². The van der Waals surface area contributed by atoms with Crippen LogP contribution in [-0.2, 0) is 9.53 Å². The number of nitrogens with zero attached hydrogens (tertiary/aromatic N) is 1. The van der Waals surface area contributed by atoms with Crippen molar-refractivity contribution in [3.05, 3.63) is 0 Å². The smallest absolute Gasteiger partial charge is 0.228 e. The SMILES string of the molecule is Cl.NCCC1CCCCN1C(=O)C1CCCOC1. The molecule has 4 nitrogen and oxygen atoms in total. The van der Waals surface area contributed by atoms with Gasteiger partial charge in [-0.15, -0.1) is 12.4 Å². The van der Waals surface area contributed by atoms with Gasteiger partial charge in [0.2, 0.25) is 5.91 Å². The zero-order valence-corrected chi connectivity index (χ0v) is 11.8. The second-order valence-electron chi connectivity index (χ2n) is 5.17. The Kier molecular flexibility index (Phi) is 6.97. The van der Waals surface area contributed by atoms with Crippen molar-refractivity contribution in [1.29, 1.82) is 0 Å². The molecule has 18 heavy (non-hydrogen) atoms. The number of amides is 1. The van der Waals surface area contributed by atoms with Gasteiger partial charge in [-0.1, -0.05) is 0 Å². The van der Waals surface area contributed by atoms with E-state index in [0.717, 1.165) is 45.3 Å². The average Bonchev–Trinajstić information content (AvgIpc) is 2.40. The van der Waals surface area contributed by atoms with Crippen LogP contribution < -0.4 is 5.73 Å². The fraction of sp³-hybridized carbons (Fsp3) is 0.923. The maximum Gasteiger partial charge on any atom is 0.228 e. The van der Waals surface area contributed by atoms with Crippen LogP contribution in [0.3, 0.4) is 0 Å². The topological polar surface area (TPSA) is 55.6 Å².